The third-order valence-corrected chi connectivity index (χ3v) is 4.56. The Labute approximate surface area is 108 Å². The molecule has 0 amide bonds. The maximum atomic E-state index is 6.07. The van der Waals surface area contributed by atoms with Crippen LogP contribution >= 0.6 is 0 Å². The quantitative estimate of drug-likeness (QED) is 0.772. The molecule has 1 fully saturated rings. The first-order valence-electron chi connectivity index (χ1n) is 7.47. The van der Waals surface area contributed by atoms with E-state index in [1.54, 1.807) is 0 Å². The number of nitrogens with two attached hydrogens (primary N) is 1. The highest BCUT2D eigenvalue weighted by molar-refractivity contribution is 4.90. The Morgan fingerprint density at radius 2 is 2.12 bits per heavy atom. The molecule has 2 nitrogen and oxygen atoms in total. The third-order valence-electron chi connectivity index (χ3n) is 4.56. The number of nitrogens with zero attached hydrogens (tertiary/aromatic N) is 1. The van der Waals surface area contributed by atoms with Crippen LogP contribution in [-0.2, 0) is 0 Å². The minimum Gasteiger partial charge on any atom is -0.329 e. The van der Waals surface area contributed by atoms with Gasteiger partial charge in [0.25, 0.3) is 0 Å². The summed E-state index contributed by atoms with van der Waals surface area (Å²) >= 11 is 0. The number of hydrogen-bond acceptors (Lipinski definition) is 2. The summed E-state index contributed by atoms with van der Waals surface area (Å²) in [6.45, 7) is 12.6. The first-order valence-corrected chi connectivity index (χ1v) is 7.47. The van der Waals surface area contributed by atoms with E-state index in [2.05, 4.69) is 32.6 Å². The minimum absolute atomic E-state index is 0.234. The van der Waals surface area contributed by atoms with Crippen LogP contribution in [0.5, 0.6) is 0 Å². The van der Waals surface area contributed by atoms with Crippen LogP contribution in [0.25, 0.3) is 0 Å². The van der Waals surface area contributed by atoms with Crippen LogP contribution in [-0.4, -0.2) is 30.1 Å². The summed E-state index contributed by atoms with van der Waals surface area (Å²) in [5.74, 6) is 1.68. The summed E-state index contributed by atoms with van der Waals surface area (Å²) in [5, 5.41) is 0. The van der Waals surface area contributed by atoms with Crippen molar-refractivity contribution in [1.82, 2.24) is 4.90 Å². The molecule has 0 saturated carbocycles. The van der Waals surface area contributed by atoms with Crippen molar-refractivity contribution >= 4 is 0 Å². The van der Waals surface area contributed by atoms with Gasteiger partial charge in [0, 0.05) is 18.6 Å². The summed E-state index contributed by atoms with van der Waals surface area (Å²) in [5.41, 5.74) is 6.30. The molecule has 1 aliphatic heterocycles. The molecule has 0 aromatic carbocycles. The number of rotatable bonds is 6. The molecule has 0 aliphatic carbocycles. The average molecular weight is 240 g/mol. The summed E-state index contributed by atoms with van der Waals surface area (Å²) in [7, 11) is 0. The van der Waals surface area contributed by atoms with Crippen LogP contribution in [0.1, 0.15) is 59.8 Å². The first kappa shape index (κ1) is 15.0. The average Bonchev–Trinajstić information content (AvgIpc) is 2.36. The second-order valence-electron chi connectivity index (χ2n) is 6.50. The van der Waals surface area contributed by atoms with E-state index in [9.17, 15) is 0 Å². The summed E-state index contributed by atoms with van der Waals surface area (Å²) < 4.78 is 0. The fraction of sp³-hybridized carbons (Fsp3) is 1.00. The van der Waals surface area contributed by atoms with Crippen molar-refractivity contribution in [3.05, 3.63) is 0 Å². The normalized spacial score (nSPS) is 26.1. The van der Waals surface area contributed by atoms with Crippen LogP contribution in [0, 0.1) is 11.8 Å². The molecule has 0 bridgehead atoms. The molecule has 102 valence electrons. The molecule has 1 heterocycles. The van der Waals surface area contributed by atoms with E-state index < -0.39 is 0 Å². The Balaban J connectivity index is 2.57. The number of likely N-dealkylation sites (tertiary alicyclic amines) is 1. The summed E-state index contributed by atoms with van der Waals surface area (Å²) in [6.07, 6.45) is 6.63. The van der Waals surface area contributed by atoms with Gasteiger partial charge in [-0.25, -0.2) is 0 Å². The minimum atomic E-state index is 0.234. The summed E-state index contributed by atoms with van der Waals surface area (Å²) in [4.78, 5) is 2.67. The highest BCUT2D eigenvalue weighted by Gasteiger charge is 2.33. The van der Waals surface area contributed by atoms with E-state index in [4.69, 9.17) is 5.73 Å². The van der Waals surface area contributed by atoms with Crippen LogP contribution in [0.3, 0.4) is 0 Å². The molecule has 0 radical (unpaired) electrons. The number of piperidine rings is 1. The molecule has 0 spiro atoms. The largest absolute Gasteiger partial charge is 0.329 e. The third kappa shape index (κ3) is 4.26. The lowest BCUT2D eigenvalue weighted by molar-refractivity contribution is 0.0488. The zero-order chi connectivity index (χ0) is 12.9. The Kier molecular flexibility index (Phi) is 5.94. The summed E-state index contributed by atoms with van der Waals surface area (Å²) in [6, 6.07) is 0. The SMILES string of the molecule is CCC1CCCN(C(C)(CN)CCC(C)C)C1. The van der Waals surface area contributed by atoms with E-state index >= 15 is 0 Å². The van der Waals surface area contributed by atoms with E-state index in [-0.39, 0.29) is 5.54 Å². The van der Waals surface area contributed by atoms with Crippen LogP contribution in [0.2, 0.25) is 0 Å². The lowest BCUT2D eigenvalue weighted by Gasteiger charge is -2.45. The molecule has 2 N–H and O–H groups in total. The molecular formula is C15H32N2. The molecule has 1 rings (SSSR count). The highest BCUT2D eigenvalue weighted by Crippen LogP contribution is 2.29. The van der Waals surface area contributed by atoms with E-state index in [0.717, 1.165) is 18.4 Å². The van der Waals surface area contributed by atoms with E-state index in [0.29, 0.717) is 0 Å². The zero-order valence-corrected chi connectivity index (χ0v) is 12.3. The molecule has 17 heavy (non-hydrogen) atoms. The van der Waals surface area contributed by atoms with E-state index in [1.165, 1.54) is 45.2 Å². The van der Waals surface area contributed by atoms with Gasteiger partial charge in [-0.1, -0.05) is 27.2 Å². The Bertz CT molecular complexity index is 215. The van der Waals surface area contributed by atoms with Crippen LogP contribution in [0.4, 0.5) is 0 Å². The van der Waals surface area contributed by atoms with Gasteiger partial charge in [-0.05, 0) is 51.0 Å². The maximum absolute atomic E-state index is 6.07. The Morgan fingerprint density at radius 3 is 2.65 bits per heavy atom. The van der Waals surface area contributed by atoms with Gasteiger partial charge in [0.15, 0.2) is 0 Å². The smallest absolute Gasteiger partial charge is 0.0303 e. The molecule has 0 aromatic rings. The standard InChI is InChI=1S/C15H32N2/c1-5-14-7-6-10-17(11-14)15(4,12-16)9-8-13(2)3/h13-14H,5-12,16H2,1-4H3. The maximum Gasteiger partial charge on any atom is 0.0303 e. The topological polar surface area (TPSA) is 29.3 Å². The van der Waals surface area contributed by atoms with Crippen molar-refractivity contribution in [3.63, 3.8) is 0 Å². The number of hydrogen-bond donors (Lipinski definition) is 1. The van der Waals surface area contributed by atoms with Gasteiger partial charge >= 0.3 is 0 Å². The molecule has 2 heteroatoms. The molecular weight excluding hydrogens is 208 g/mol. The zero-order valence-electron chi connectivity index (χ0n) is 12.3. The van der Waals surface area contributed by atoms with Crippen LogP contribution < -0.4 is 5.73 Å². The predicted octanol–water partition coefficient (Wildman–Crippen LogP) is 3.26. The molecule has 2 unspecified atom stereocenters. The first-order chi connectivity index (χ1) is 8.01. The monoisotopic (exact) mass is 240 g/mol. The van der Waals surface area contributed by atoms with Crippen molar-refractivity contribution in [2.75, 3.05) is 19.6 Å². The Morgan fingerprint density at radius 1 is 1.41 bits per heavy atom. The lowest BCUT2D eigenvalue weighted by Crippen LogP contribution is -2.55. The van der Waals surface area contributed by atoms with Gasteiger partial charge in [0.1, 0.15) is 0 Å². The fourth-order valence-electron chi connectivity index (χ4n) is 2.88. The van der Waals surface area contributed by atoms with Gasteiger partial charge in [0.2, 0.25) is 0 Å². The lowest BCUT2D eigenvalue weighted by atomic mass is 9.86. The predicted molar refractivity (Wildman–Crippen MR) is 76.1 cm³/mol. The van der Waals surface area contributed by atoms with Gasteiger partial charge in [-0.15, -0.1) is 0 Å². The van der Waals surface area contributed by atoms with Crippen molar-refractivity contribution in [2.45, 2.75) is 65.3 Å². The second-order valence-corrected chi connectivity index (χ2v) is 6.50. The molecule has 1 saturated heterocycles. The molecule has 2 atom stereocenters. The fourth-order valence-corrected chi connectivity index (χ4v) is 2.88. The second kappa shape index (κ2) is 6.75. The van der Waals surface area contributed by atoms with Crippen molar-refractivity contribution < 1.29 is 0 Å². The van der Waals surface area contributed by atoms with Crippen molar-refractivity contribution in [2.24, 2.45) is 17.6 Å². The molecule has 0 aromatic heterocycles. The van der Waals surface area contributed by atoms with Crippen molar-refractivity contribution in [1.29, 1.82) is 0 Å². The van der Waals surface area contributed by atoms with E-state index in [1.807, 2.05) is 0 Å². The van der Waals surface area contributed by atoms with Gasteiger partial charge < -0.3 is 5.73 Å². The molecule has 1 aliphatic rings. The van der Waals surface area contributed by atoms with Crippen LogP contribution in [0.15, 0.2) is 0 Å². The van der Waals surface area contributed by atoms with Gasteiger partial charge in [0.05, 0.1) is 0 Å². The highest BCUT2D eigenvalue weighted by atomic mass is 15.2. The van der Waals surface area contributed by atoms with Crippen molar-refractivity contribution in [3.8, 4) is 0 Å². The Hall–Kier alpha value is -0.0800. The van der Waals surface area contributed by atoms with Gasteiger partial charge in [-0.2, -0.15) is 0 Å². The van der Waals surface area contributed by atoms with Gasteiger partial charge in [-0.3, -0.25) is 4.90 Å².